The minimum atomic E-state index is 1.06. The fourth-order valence-electron chi connectivity index (χ4n) is 4.68. The van der Waals surface area contributed by atoms with Crippen molar-refractivity contribution in [3.05, 3.63) is 108 Å². The van der Waals surface area contributed by atoms with Gasteiger partial charge in [-0.15, -0.1) is 0 Å². The highest BCUT2D eigenvalue weighted by molar-refractivity contribution is 6.09. The molecule has 0 unspecified atom stereocenters. The first-order chi connectivity index (χ1) is 14.4. The summed E-state index contributed by atoms with van der Waals surface area (Å²) in [6, 6.07) is 32.9. The van der Waals surface area contributed by atoms with E-state index in [-0.39, 0.29) is 0 Å². The summed E-state index contributed by atoms with van der Waals surface area (Å²) in [4.78, 5) is 0. The molecule has 1 nitrogen and oxygen atoms in total. The molecule has 1 heteroatoms. The number of anilines is 1. The monoisotopic (exact) mass is 371 g/mol. The van der Waals surface area contributed by atoms with Gasteiger partial charge in [0.25, 0.3) is 0 Å². The first-order valence-electron chi connectivity index (χ1n) is 10.3. The molecule has 0 atom stereocenters. The molecule has 0 saturated carbocycles. The first kappa shape index (κ1) is 16.4. The van der Waals surface area contributed by atoms with Crippen LogP contribution in [0.5, 0.6) is 0 Å². The minimum Gasteiger partial charge on any atom is -0.355 e. The molecule has 29 heavy (non-hydrogen) atoms. The van der Waals surface area contributed by atoms with E-state index in [4.69, 9.17) is 0 Å². The number of aryl methyl sites for hydroxylation is 1. The molecule has 0 aromatic heterocycles. The van der Waals surface area contributed by atoms with E-state index in [1.807, 2.05) is 0 Å². The maximum atomic E-state index is 3.69. The lowest BCUT2D eigenvalue weighted by Gasteiger charge is -2.22. The molecule has 0 heterocycles. The summed E-state index contributed by atoms with van der Waals surface area (Å²) in [5, 5.41) is 11.6. The lowest BCUT2D eigenvalue weighted by atomic mass is 9.88. The van der Waals surface area contributed by atoms with Crippen molar-refractivity contribution in [3.8, 4) is 0 Å². The van der Waals surface area contributed by atoms with E-state index in [1.165, 1.54) is 49.1 Å². The lowest BCUT2D eigenvalue weighted by Crippen LogP contribution is -2.07. The van der Waals surface area contributed by atoms with Gasteiger partial charge in [-0.05, 0) is 62.9 Å². The minimum absolute atomic E-state index is 1.06. The van der Waals surface area contributed by atoms with E-state index in [2.05, 4.69) is 102 Å². The van der Waals surface area contributed by atoms with E-state index in [9.17, 15) is 0 Å². The summed E-state index contributed by atoms with van der Waals surface area (Å²) in [5.74, 6) is 0. The van der Waals surface area contributed by atoms with Crippen LogP contribution >= 0.6 is 0 Å². The van der Waals surface area contributed by atoms with Crippen LogP contribution in [0.3, 0.4) is 0 Å². The molecule has 0 spiro atoms. The van der Waals surface area contributed by atoms with Gasteiger partial charge in [0.05, 0.1) is 0 Å². The van der Waals surface area contributed by atoms with Crippen LogP contribution in [0.15, 0.2) is 97.1 Å². The van der Waals surface area contributed by atoms with Crippen molar-refractivity contribution in [2.24, 2.45) is 0 Å². The molecule has 0 aliphatic heterocycles. The number of benzene rings is 5. The zero-order valence-electron chi connectivity index (χ0n) is 16.2. The van der Waals surface area contributed by atoms with Crippen molar-refractivity contribution < 1.29 is 0 Å². The molecule has 6 rings (SSSR count). The second-order valence-corrected chi connectivity index (χ2v) is 7.82. The van der Waals surface area contributed by atoms with Crippen molar-refractivity contribution in [1.82, 2.24) is 0 Å². The molecule has 0 amide bonds. The second kappa shape index (κ2) is 6.49. The molecule has 0 saturated heterocycles. The highest BCUT2D eigenvalue weighted by Crippen LogP contribution is 2.36. The van der Waals surface area contributed by atoms with Crippen LogP contribution in [0.1, 0.15) is 17.5 Å². The molecule has 138 valence electrons. The highest BCUT2D eigenvalue weighted by atomic mass is 14.9. The van der Waals surface area contributed by atoms with Crippen molar-refractivity contribution >= 4 is 43.7 Å². The molecule has 5 aromatic rings. The molecule has 5 aromatic carbocycles. The van der Waals surface area contributed by atoms with E-state index < -0.39 is 0 Å². The van der Waals surface area contributed by atoms with Crippen molar-refractivity contribution in [2.45, 2.75) is 12.8 Å². The van der Waals surface area contributed by atoms with E-state index in [0.717, 1.165) is 18.5 Å². The van der Waals surface area contributed by atoms with E-state index >= 15 is 0 Å². The molecule has 1 N–H and O–H groups in total. The van der Waals surface area contributed by atoms with Crippen molar-refractivity contribution in [2.75, 3.05) is 5.32 Å². The Labute approximate surface area is 170 Å². The van der Waals surface area contributed by atoms with Crippen LogP contribution in [0, 0.1) is 0 Å². The van der Waals surface area contributed by atoms with Crippen LogP contribution in [0.2, 0.25) is 0 Å². The van der Waals surface area contributed by atoms with Gasteiger partial charge in [0.2, 0.25) is 0 Å². The van der Waals surface area contributed by atoms with Gasteiger partial charge in [0, 0.05) is 16.9 Å². The van der Waals surface area contributed by atoms with Crippen LogP contribution in [0.4, 0.5) is 5.69 Å². The zero-order valence-corrected chi connectivity index (χ0v) is 16.2. The fraction of sp³-hybridized carbons (Fsp3) is 0.0714. The Balaban J connectivity index is 1.45. The summed E-state index contributed by atoms with van der Waals surface area (Å²) in [6.45, 7) is 0. The Morgan fingerprint density at radius 3 is 2.28 bits per heavy atom. The summed E-state index contributed by atoms with van der Waals surface area (Å²) >= 11 is 0. The number of allylic oxidation sites excluding steroid dienone is 1. The Bertz CT molecular complexity index is 1420. The first-order valence-corrected chi connectivity index (χ1v) is 10.3. The maximum absolute atomic E-state index is 3.69. The van der Waals surface area contributed by atoms with Gasteiger partial charge in [0.1, 0.15) is 0 Å². The molecular formula is C28H21N. The van der Waals surface area contributed by atoms with Gasteiger partial charge >= 0.3 is 0 Å². The van der Waals surface area contributed by atoms with Gasteiger partial charge in [-0.2, -0.15) is 0 Å². The maximum Gasteiger partial charge on any atom is 0.0420 e. The Hall–Kier alpha value is -3.58. The SMILES string of the molecule is C1=C(Nc2ccc3ccccc3c2)c2ccc3c(ccc4ccccc43)c2CC1. The topological polar surface area (TPSA) is 12.0 Å². The zero-order chi connectivity index (χ0) is 19.2. The smallest absolute Gasteiger partial charge is 0.0420 e. The van der Waals surface area contributed by atoms with Gasteiger partial charge in [-0.3, -0.25) is 0 Å². The van der Waals surface area contributed by atoms with Crippen molar-refractivity contribution in [1.29, 1.82) is 0 Å². The quantitative estimate of drug-likeness (QED) is 0.316. The number of hydrogen-bond donors (Lipinski definition) is 1. The van der Waals surface area contributed by atoms with Crippen LogP contribution in [-0.2, 0) is 6.42 Å². The normalized spacial score (nSPS) is 13.4. The summed E-state index contributed by atoms with van der Waals surface area (Å²) in [7, 11) is 0. The van der Waals surface area contributed by atoms with E-state index in [1.54, 1.807) is 0 Å². The molecule has 0 bridgehead atoms. The summed E-state index contributed by atoms with van der Waals surface area (Å²) in [5.41, 5.74) is 5.14. The van der Waals surface area contributed by atoms with Crippen molar-refractivity contribution in [3.63, 3.8) is 0 Å². The standard InChI is InChI=1S/C28H21N/c1-2-8-21-18-22(14-12-19(21)6-1)29-28-11-5-10-24-26-15-13-20-7-3-4-9-23(20)25(26)16-17-27(24)28/h1-4,6-9,11-18,29H,5,10H2. The number of fused-ring (bicyclic) bond motifs is 6. The molecule has 1 aliphatic carbocycles. The Morgan fingerprint density at radius 1 is 0.586 bits per heavy atom. The predicted molar refractivity (Wildman–Crippen MR) is 125 cm³/mol. The Kier molecular flexibility index (Phi) is 3.67. The predicted octanol–water partition coefficient (Wildman–Crippen LogP) is 7.55. The average molecular weight is 371 g/mol. The molecule has 0 fully saturated rings. The van der Waals surface area contributed by atoms with E-state index in [0.29, 0.717) is 0 Å². The third kappa shape index (κ3) is 2.70. The number of hydrogen-bond acceptors (Lipinski definition) is 1. The summed E-state index contributed by atoms with van der Waals surface area (Å²) in [6.07, 6.45) is 4.49. The number of rotatable bonds is 2. The average Bonchev–Trinajstić information content (AvgIpc) is 2.79. The van der Waals surface area contributed by atoms with Crippen LogP contribution in [-0.4, -0.2) is 0 Å². The number of nitrogens with one attached hydrogen (secondary N) is 1. The van der Waals surface area contributed by atoms with Crippen LogP contribution in [0.25, 0.3) is 38.0 Å². The third-order valence-electron chi connectivity index (χ3n) is 6.10. The highest BCUT2D eigenvalue weighted by Gasteiger charge is 2.16. The molecule has 1 aliphatic rings. The van der Waals surface area contributed by atoms with Crippen LogP contribution < -0.4 is 5.32 Å². The summed E-state index contributed by atoms with van der Waals surface area (Å²) < 4.78 is 0. The second-order valence-electron chi connectivity index (χ2n) is 7.82. The van der Waals surface area contributed by atoms with Gasteiger partial charge < -0.3 is 5.32 Å². The Morgan fingerprint density at radius 2 is 1.34 bits per heavy atom. The largest absolute Gasteiger partial charge is 0.355 e. The van der Waals surface area contributed by atoms with Gasteiger partial charge in [-0.1, -0.05) is 84.9 Å². The fourth-order valence-corrected chi connectivity index (χ4v) is 4.68. The van der Waals surface area contributed by atoms with Gasteiger partial charge in [0.15, 0.2) is 0 Å². The molecular weight excluding hydrogens is 350 g/mol. The third-order valence-corrected chi connectivity index (χ3v) is 6.10. The lowest BCUT2D eigenvalue weighted by molar-refractivity contribution is 0.988. The van der Waals surface area contributed by atoms with Gasteiger partial charge in [-0.25, -0.2) is 0 Å². The molecule has 0 radical (unpaired) electrons.